The largest absolute Gasteiger partial charge is 0.480 e. The maximum absolute atomic E-state index is 11.7. The molecule has 0 saturated carbocycles. The molecule has 1 aliphatic rings. The Balaban J connectivity index is 2.02. The predicted molar refractivity (Wildman–Crippen MR) is 81.8 cm³/mol. The minimum atomic E-state index is -0.768. The van der Waals surface area contributed by atoms with Crippen LogP contribution < -0.4 is 0 Å². The van der Waals surface area contributed by atoms with Gasteiger partial charge in [0.05, 0.1) is 0 Å². The zero-order valence-corrected chi connectivity index (χ0v) is 12.7. The number of nitrogens with zero attached hydrogens (tertiary/aromatic N) is 1. The van der Waals surface area contributed by atoms with Gasteiger partial charge in [-0.2, -0.15) is 0 Å². The van der Waals surface area contributed by atoms with E-state index in [4.69, 9.17) is 0 Å². The smallest absolute Gasteiger partial charge is 0.325 e. The number of halogens is 1. The number of piperidine rings is 1. The molecule has 106 valence electrons. The first kappa shape index (κ1) is 13.6. The van der Waals surface area contributed by atoms with E-state index in [-0.39, 0.29) is 0 Å². The lowest BCUT2D eigenvalue weighted by molar-refractivity contribution is -0.144. The van der Waals surface area contributed by atoms with Crippen LogP contribution in [0.4, 0.5) is 0 Å². The lowest BCUT2D eigenvalue weighted by atomic mass is 10.0. The molecule has 20 heavy (non-hydrogen) atoms. The van der Waals surface area contributed by atoms with Crippen molar-refractivity contribution in [2.24, 2.45) is 0 Å². The molecule has 1 fully saturated rings. The molecule has 0 spiro atoms. The van der Waals surface area contributed by atoms with Gasteiger partial charge in [0.2, 0.25) is 0 Å². The molecule has 2 heterocycles. The number of hydrogen-bond donors (Lipinski definition) is 2. The highest BCUT2D eigenvalue weighted by molar-refractivity contribution is 9.10. The highest BCUT2D eigenvalue weighted by Crippen LogP contribution is 2.31. The number of aromatic nitrogens is 1. The van der Waals surface area contributed by atoms with Gasteiger partial charge in [-0.05, 0) is 38.1 Å². The number of nitrogens with one attached hydrogen (secondary N) is 1. The number of fused-ring (bicyclic) bond motifs is 1. The molecule has 0 amide bonds. The first-order valence-corrected chi connectivity index (χ1v) is 7.69. The van der Waals surface area contributed by atoms with Crippen LogP contribution in [0, 0.1) is 0 Å². The summed E-state index contributed by atoms with van der Waals surface area (Å²) in [6, 6.07) is 5.36. The molecule has 1 aromatic heterocycles. The van der Waals surface area contributed by atoms with Gasteiger partial charge >= 0.3 is 5.97 Å². The molecule has 0 bridgehead atoms. The normalized spacial score (nSPS) is 18.2. The quantitative estimate of drug-likeness (QED) is 0.901. The van der Waals surface area contributed by atoms with Gasteiger partial charge in [-0.15, -0.1) is 0 Å². The fraction of sp³-hybridized carbons (Fsp3) is 0.400. The summed E-state index contributed by atoms with van der Waals surface area (Å²) in [6.07, 6.45) is 5.20. The van der Waals surface area contributed by atoms with E-state index >= 15 is 0 Å². The molecule has 1 aliphatic heterocycles. The Kier molecular flexibility index (Phi) is 3.81. The molecule has 0 unspecified atom stereocenters. The molecule has 5 heteroatoms. The van der Waals surface area contributed by atoms with Crippen LogP contribution in [-0.2, 0) is 4.79 Å². The number of aromatic amines is 1. The average Bonchev–Trinajstić information content (AvgIpc) is 2.83. The first-order valence-electron chi connectivity index (χ1n) is 6.90. The summed E-state index contributed by atoms with van der Waals surface area (Å²) in [5, 5.41) is 10.6. The van der Waals surface area contributed by atoms with Gasteiger partial charge in [0.1, 0.15) is 6.04 Å². The van der Waals surface area contributed by atoms with Crippen molar-refractivity contribution in [3.05, 3.63) is 34.4 Å². The third-order valence-corrected chi connectivity index (χ3v) is 4.45. The Morgan fingerprint density at radius 2 is 2.05 bits per heavy atom. The Morgan fingerprint density at radius 1 is 1.30 bits per heavy atom. The van der Waals surface area contributed by atoms with Crippen LogP contribution in [0.1, 0.15) is 30.9 Å². The topological polar surface area (TPSA) is 56.3 Å². The SMILES string of the molecule is O=C(O)[C@H](c1c[nH]c2cc(Br)ccc12)N1CCCCC1. The number of hydrogen-bond acceptors (Lipinski definition) is 2. The summed E-state index contributed by atoms with van der Waals surface area (Å²) in [5.41, 5.74) is 1.83. The third-order valence-electron chi connectivity index (χ3n) is 3.96. The van der Waals surface area contributed by atoms with Crippen LogP contribution in [0.15, 0.2) is 28.9 Å². The van der Waals surface area contributed by atoms with Crippen molar-refractivity contribution >= 4 is 32.8 Å². The van der Waals surface area contributed by atoms with Crippen molar-refractivity contribution in [3.8, 4) is 0 Å². The molecule has 0 radical (unpaired) electrons. The fourth-order valence-corrected chi connectivity index (χ4v) is 3.37. The minimum absolute atomic E-state index is 0.551. The molecule has 1 aromatic carbocycles. The summed E-state index contributed by atoms with van der Waals surface area (Å²) >= 11 is 3.44. The van der Waals surface area contributed by atoms with E-state index in [1.54, 1.807) is 0 Å². The molecule has 2 aromatic rings. The number of aliphatic carboxylic acids is 1. The van der Waals surface area contributed by atoms with Crippen molar-refractivity contribution in [3.63, 3.8) is 0 Å². The summed E-state index contributed by atoms with van der Waals surface area (Å²) in [6.45, 7) is 1.72. The van der Waals surface area contributed by atoms with Crippen LogP contribution in [0.25, 0.3) is 10.9 Å². The van der Waals surface area contributed by atoms with E-state index in [0.717, 1.165) is 46.9 Å². The van der Waals surface area contributed by atoms with E-state index < -0.39 is 12.0 Å². The third kappa shape index (κ3) is 2.47. The van der Waals surface area contributed by atoms with E-state index in [1.807, 2.05) is 24.4 Å². The second kappa shape index (κ2) is 5.58. The molecule has 3 rings (SSSR count). The van der Waals surface area contributed by atoms with Crippen molar-refractivity contribution < 1.29 is 9.90 Å². The number of carboxylic acid groups (broad SMARTS) is 1. The van der Waals surface area contributed by atoms with Crippen LogP contribution in [0.5, 0.6) is 0 Å². The summed E-state index contributed by atoms with van der Waals surface area (Å²) in [4.78, 5) is 17.0. The van der Waals surface area contributed by atoms with Crippen LogP contribution in [-0.4, -0.2) is 34.0 Å². The number of benzene rings is 1. The number of likely N-dealkylation sites (tertiary alicyclic amines) is 1. The van der Waals surface area contributed by atoms with E-state index in [2.05, 4.69) is 25.8 Å². The monoisotopic (exact) mass is 336 g/mol. The first-order chi connectivity index (χ1) is 9.66. The molecular weight excluding hydrogens is 320 g/mol. The molecule has 2 N–H and O–H groups in total. The molecular formula is C15H17BrN2O2. The zero-order chi connectivity index (χ0) is 14.1. The van der Waals surface area contributed by atoms with Gasteiger partial charge in [-0.1, -0.05) is 28.4 Å². The van der Waals surface area contributed by atoms with Gasteiger partial charge in [0.25, 0.3) is 0 Å². The number of H-pyrrole nitrogens is 1. The fourth-order valence-electron chi connectivity index (χ4n) is 3.01. The lowest BCUT2D eigenvalue weighted by Crippen LogP contribution is -2.37. The predicted octanol–water partition coefficient (Wildman–Crippen LogP) is 3.54. The standard InChI is InChI=1S/C15H17BrN2O2/c16-10-4-5-11-12(9-17-13(11)8-10)14(15(19)20)18-6-2-1-3-7-18/h4-5,8-9,14,17H,1-3,6-7H2,(H,19,20)/t14-/m0/s1. The second-order valence-electron chi connectivity index (χ2n) is 5.27. The van der Waals surface area contributed by atoms with Crippen molar-refractivity contribution in [2.45, 2.75) is 25.3 Å². The Morgan fingerprint density at radius 3 is 2.75 bits per heavy atom. The van der Waals surface area contributed by atoms with Crippen molar-refractivity contribution in [2.75, 3.05) is 13.1 Å². The van der Waals surface area contributed by atoms with Crippen molar-refractivity contribution in [1.29, 1.82) is 0 Å². The van der Waals surface area contributed by atoms with Crippen LogP contribution in [0.2, 0.25) is 0 Å². The average molecular weight is 337 g/mol. The number of carboxylic acids is 1. The van der Waals surface area contributed by atoms with Gasteiger partial charge < -0.3 is 10.1 Å². The molecule has 1 saturated heterocycles. The maximum atomic E-state index is 11.7. The molecule has 4 nitrogen and oxygen atoms in total. The van der Waals surface area contributed by atoms with Gasteiger partial charge in [0, 0.05) is 27.1 Å². The van der Waals surface area contributed by atoms with Gasteiger partial charge in [0.15, 0.2) is 0 Å². The summed E-state index contributed by atoms with van der Waals surface area (Å²) in [5.74, 6) is -0.768. The van der Waals surface area contributed by atoms with Gasteiger partial charge in [-0.3, -0.25) is 9.69 Å². The Bertz CT molecular complexity index is 632. The highest BCUT2D eigenvalue weighted by Gasteiger charge is 2.30. The van der Waals surface area contributed by atoms with Crippen LogP contribution in [0.3, 0.4) is 0 Å². The minimum Gasteiger partial charge on any atom is -0.480 e. The van der Waals surface area contributed by atoms with Gasteiger partial charge in [-0.25, -0.2) is 0 Å². The second-order valence-corrected chi connectivity index (χ2v) is 6.19. The Labute approximate surface area is 125 Å². The van der Waals surface area contributed by atoms with Crippen molar-refractivity contribution in [1.82, 2.24) is 9.88 Å². The number of rotatable bonds is 3. The summed E-state index contributed by atoms with van der Waals surface area (Å²) < 4.78 is 0.989. The summed E-state index contributed by atoms with van der Waals surface area (Å²) in [7, 11) is 0. The zero-order valence-electron chi connectivity index (χ0n) is 11.1. The molecule has 0 aliphatic carbocycles. The van der Waals surface area contributed by atoms with E-state index in [0.29, 0.717) is 0 Å². The lowest BCUT2D eigenvalue weighted by Gasteiger charge is -2.31. The van der Waals surface area contributed by atoms with E-state index in [9.17, 15) is 9.90 Å². The highest BCUT2D eigenvalue weighted by atomic mass is 79.9. The molecule has 1 atom stereocenters. The number of carbonyl (C=O) groups is 1. The maximum Gasteiger partial charge on any atom is 0.325 e. The van der Waals surface area contributed by atoms with E-state index in [1.165, 1.54) is 6.42 Å². The van der Waals surface area contributed by atoms with Crippen LogP contribution >= 0.6 is 15.9 Å². The Hall–Kier alpha value is -1.33.